The fourth-order valence-electron chi connectivity index (χ4n) is 6.22. The molecule has 4 aromatic rings. The lowest BCUT2D eigenvalue weighted by Gasteiger charge is -2.38. The third-order valence-corrected chi connectivity index (χ3v) is 10.00. The summed E-state index contributed by atoms with van der Waals surface area (Å²) in [5, 5.41) is 2.91. The lowest BCUT2D eigenvalue weighted by molar-refractivity contribution is -0.116. The van der Waals surface area contributed by atoms with Gasteiger partial charge in [-0.2, -0.15) is 0 Å². The summed E-state index contributed by atoms with van der Waals surface area (Å²) in [6.07, 6.45) is 3.40. The molecule has 1 heterocycles. The molecule has 0 aromatic heterocycles. The highest BCUT2D eigenvalue weighted by molar-refractivity contribution is 7.89. The summed E-state index contributed by atoms with van der Waals surface area (Å²) in [6, 6.07) is 29.2. The Balaban J connectivity index is 1.25. The third-order valence-electron chi connectivity index (χ3n) is 8.50. The van der Waals surface area contributed by atoms with Crippen molar-refractivity contribution >= 4 is 33.0 Å². The number of hydrogen-bond acceptors (Lipinski definition) is 5. The molecule has 1 amide bonds. The van der Waals surface area contributed by atoms with Gasteiger partial charge in [0.1, 0.15) is 10.7 Å². The van der Waals surface area contributed by atoms with E-state index >= 15 is 0 Å². The number of nitrogens with one attached hydrogen (secondary N) is 2. The minimum Gasteiger partial charge on any atom is -0.367 e. The van der Waals surface area contributed by atoms with Gasteiger partial charge < -0.3 is 15.1 Å². The molecule has 9 heteroatoms. The maximum atomic E-state index is 14.5. The molecule has 1 fully saturated rings. The van der Waals surface area contributed by atoms with Gasteiger partial charge in [0.05, 0.1) is 11.4 Å². The van der Waals surface area contributed by atoms with Crippen LogP contribution in [0.2, 0.25) is 0 Å². The zero-order chi connectivity index (χ0) is 30.5. The molecule has 228 valence electrons. The molecule has 6 rings (SSSR count). The van der Waals surface area contributed by atoms with Crippen LogP contribution in [-0.2, 0) is 27.7 Å². The molecule has 4 aromatic carbocycles. The van der Waals surface area contributed by atoms with Gasteiger partial charge in [0.2, 0.25) is 15.9 Å². The third kappa shape index (κ3) is 6.79. The maximum absolute atomic E-state index is 14.5. The normalized spacial score (nSPS) is 16.8. The molecule has 7 nitrogen and oxygen atoms in total. The summed E-state index contributed by atoms with van der Waals surface area (Å²) in [4.78, 5) is 17.0. The van der Waals surface area contributed by atoms with Crippen LogP contribution in [-0.4, -0.2) is 40.5 Å². The molecular weight excluding hydrogens is 575 g/mol. The van der Waals surface area contributed by atoms with E-state index in [1.807, 2.05) is 64.4 Å². The van der Waals surface area contributed by atoms with Crippen molar-refractivity contribution in [1.82, 2.24) is 4.72 Å². The molecule has 0 radical (unpaired) electrons. The van der Waals surface area contributed by atoms with Gasteiger partial charge in [-0.1, -0.05) is 66.7 Å². The van der Waals surface area contributed by atoms with Crippen LogP contribution in [0.25, 0.3) is 0 Å². The molecule has 2 N–H and O–H groups in total. The second-order valence-corrected chi connectivity index (χ2v) is 13.1. The molecule has 0 unspecified atom stereocenters. The Bertz CT molecular complexity index is 1720. The predicted molar refractivity (Wildman–Crippen MR) is 173 cm³/mol. The van der Waals surface area contributed by atoms with Gasteiger partial charge in [0, 0.05) is 44.3 Å². The molecule has 1 saturated heterocycles. The van der Waals surface area contributed by atoms with Crippen LogP contribution in [0.3, 0.4) is 0 Å². The first kappa shape index (κ1) is 29.8. The highest BCUT2D eigenvalue weighted by Gasteiger charge is 2.30. The molecule has 0 bridgehead atoms. The highest BCUT2D eigenvalue weighted by atomic mass is 32.2. The van der Waals surface area contributed by atoms with E-state index in [0.717, 1.165) is 29.5 Å². The zero-order valence-corrected chi connectivity index (χ0v) is 25.4. The second-order valence-electron chi connectivity index (χ2n) is 11.4. The number of nitrogens with zero attached hydrogens (tertiary/aromatic N) is 2. The number of piperazine rings is 1. The number of carbonyl (C=O) groups is 1. The van der Waals surface area contributed by atoms with E-state index in [9.17, 15) is 17.6 Å². The topological polar surface area (TPSA) is 81.8 Å². The molecule has 2 aliphatic rings. The number of hydrogen-bond donors (Lipinski definition) is 2. The van der Waals surface area contributed by atoms with Crippen LogP contribution in [0.15, 0.2) is 102 Å². The Morgan fingerprint density at radius 2 is 1.50 bits per heavy atom. The average molecular weight is 613 g/mol. The first-order valence-electron chi connectivity index (χ1n) is 15.2. The first-order valence-corrected chi connectivity index (χ1v) is 16.7. The minimum absolute atomic E-state index is 0.126. The standard InChI is InChI=1S/C35H37FN4O3S/c36-30-14-6-7-16-32(30)39-21-23-40(24-22-39)33-19-18-28(37-35(41)20-17-26-9-2-1-3-10-26)25-34(33)44(42,43)38-31-15-8-12-27-11-4-5-13-29(27)31/h1-7,9-11,13-14,16,18-19,25,31,38H,8,12,15,17,20-24H2,(H,37,41)/t31-/m1/s1. The van der Waals surface area contributed by atoms with Gasteiger partial charge in [-0.25, -0.2) is 17.5 Å². The van der Waals surface area contributed by atoms with Gasteiger partial charge in [-0.05, 0) is 72.7 Å². The number of aryl methyl sites for hydroxylation is 2. The number of sulfonamides is 1. The maximum Gasteiger partial charge on any atom is 0.243 e. The van der Waals surface area contributed by atoms with Crippen LogP contribution in [0.4, 0.5) is 21.5 Å². The van der Waals surface area contributed by atoms with E-state index in [2.05, 4.69) is 16.1 Å². The molecule has 0 saturated carbocycles. The van der Waals surface area contributed by atoms with Crippen molar-refractivity contribution < 1.29 is 17.6 Å². The lowest BCUT2D eigenvalue weighted by Crippen LogP contribution is -2.47. The quantitative estimate of drug-likeness (QED) is 0.240. The van der Waals surface area contributed by atoms with Crippen LogP contribution in [0, 0.1) is 5.82 Å². The van der Waals surface area contributed by atoms with Crippen LogP contribution < -0.4 is 19.8 Å². The highest BCUT2D eigenvalue weighted by Crippen LogP contribution is 2.35. The van der Waals surface area contributed by atoms with E-state index in [4.69, 9.17) is 0 Å². The molecular formula is C35H37FN4O3S. The number of halogens is 1. The molecule has 1 aliphatic heterocycles. The van der Waals surface area contributed by atoms with Crippen LogP contribution in [0.1, 0.15) is 42.0 Å². The predicted octanol–water partition coefficient (Wildman–Crippen LogP) is 6.08. The first-order chi connectivity index (χ1) is 21.4. The van der Waals surface area contributed by atoms with E-state index in [-0.39, 0.29) is 29.1 Å². The van der Waals surface area contributed by atoms with E-state index < -0.39 is 10.0 Å². The number of benzene rings is 4. The number of para-hydroxylation sites is 1. The lowest BCUT2D eigenvalue weighted by atomic mass is 9.88. The summed E-state index contributed by atoms with van der Waals surface area (Å²) in [5.41, 5.74) is 4.78. The fourth-order valence-corrected chi connectivity index (χ4v) is 7.72. The summed E-state index contributed by atoms with van der Waals surface area (Å²) in [7, 11) is -3.99. The van der Waals surface area contributed by atoms with E-state index in [1.54, 1.807) is 30.3 Å². The number of fused-ring (bicyclic) bond motifs is 1. The van der Waals surface area contributed by atoms with Gasteiger partial charge >= 0.3 is 0 Å². The van der Waals surface area contributed by atoms with Crippen molar-refractivity contribution in [3.05, 3.63) is 120 Å². The summed E-state index contributed by atoms with van der Waals surface area (Å²) >= 11 is 0. The Kier molecular flexibility index (Phi) is 8.95. The van der Waals surface area contributed by atoms with Crippen LogP contribution >= 0.6 is 0 Å². The van der Waals surface area contributed by atoms with Gasteiger partial charge in [0.15, 0.2) is 0 Å². The summed E-state index contributed by atoms with van der Waals surface area (Å²) in [6.45, 7) is 2.13. The minimum atomic E-state index is -3.99. The Morgan fingerprint density at radius 1 is 0.818 bits per heavy atom. The fraction of sp³-hybridized carbons (Fsp3) is 0.286. The molecule has 1 atom stereocenters. The average Bonchev–Trinajstić information content (AvgIpc) is 3.05. The van der Waals surface area contributed by atoms with Gasteiger partial charge in [0.25, 0.3) is 0 Å². The van der Waals surface area contributed by atoms with Crippen molar-refractivity contribution in [2.75, 3.05) is 41.3 Å². The van der Waals surface area contributed by atoms with Crippen molar-refractivity contribution in [3.63, 3.8) is 0 Å². The monoisotopic (exact) mass is 612 g/mol. The van der Waals surface area contributed by atoms with Crippen LogP contribution in [0.5, 0.6) is 0 Å². The number of anilines is 3. The van der Waals surface area contributed by atoms with Crippen molar-refractivity contribution in [3.8, 4) is 0 Å². The molecule has 1 aliphatic carbocycles. The van der Waals surface area contributed by atoms with E-state index in [1.165, 1.54) is 6.07 Å². The smallest absolute Gasteiger partial charge is 0.243 e. The van der Waals surface area contributed by atoms with Crippen molar-refractivity contribution in [2.45, 2.75) is 43.0 Å². The molecule has 44 heavy (non-hydrogen) atoms. The SMILES string of the molecule is O=C(CCc1ccccc1)Nc1ccc(N2CCN(c3ccccc3F)CC2)c(S(=O)(=O)N[C@@H]2CCCc3ccccc32)c1. The Morgan fingerprint density at radius 3 is 2.27 bits per heavy atom. The number of carbonyl (C=O) groups excluding carboxylic acids is 1. The second kappa shape index (κ2) is 13.2. The largest absolute Gasteiger partial charge is 0.367 e. The molecule has 0 spiro atoms. The van der Waals surface area contributed by atoms with Gasteiger partial charge in [-0.15, -0.1) is 0 Å². The van der Waals surface area contributed by atoms with E-state index in [0.29, 0.717) is 56.1 Å². The van der Waals surface area contributed by atoms with Crippen molar-refractivity contribution in [1.29, 1.82) is 0 Å². The Labute approximate surface area is 258 Å². The summed E-state index contributed by atoms with van der Waals surface area (Å²) < 4.78 is 45.7. The summed E-state index contributed by atoms with van der Waals surface area (Å²) in [5.74, 6) is -0.453. The van der Waals surface area contributed by atoms with Crippen molar-refractivity contribution in [2.24, 2.45) is 0 Å². The number of rotatable bonds is 9. The number of amides is 1. The Hall–Kier alpha value is -4.21. The van der Waals surface area contributed by atoms with Gasteiger partial charge in [-0.3, -0.25) is 4.79 Å². The zero-order valence-electron chi connectivity index (χ0n) is 24.6.